The molecule has 0 heterocycles. The van der Waals surface area contributed by atoms with Crippen LogP contribution in [-0.2, 0) is 9.59 Å². The number of hydrogen-bond donors (Lipinski definition) is 3. The lowest BCUT2D eigenvalue weighted by Gasteiger charge is -2.14. The Balaban J connectivity index is 1.43. The molecule has 4 rings (SSSR count). The molecule has 0 aromatic heterocycles. The number of aryl methyl sites for hydroxylation is 1. The van der Waals surface area contributed by atoms with E-state index in [1.54, 1.807) is 66.7 Å². The van der Waals surface area contributed by atoms with Crippen molar-refractivity contribution in [3.63, 3.8) is 0 Å². The molecule has 0 aliphatic carbocycles. The van der Waals surface area contributed by atoms with Crippen molar-refractivity contribution in [2.24, 2.45) is 0 Å². The molecule has 3 amide bonds. The van der Waals surface area contributed by atoms with Gasteiger partial charge < -0.3 is 16.0 Å². The first-order chi connectivity index (χ1) is 19.3. The number of carbonyl (C=O) groups excluding carboxylic acids is 3. The first kappa shape index (κ1) is 28.7. The van der Waals surface area contributed by atoms with Crippen LogP contribution in [0.1, 0.15) is 28.4 Å². The predicted molar refractivity (Wildman–Crippen MR) is 164 cm³/mol. The van der Waals surface area contributed by atoms with Crippen LogP contribution in [-0.4, -0.2) is 23.0 Å². The zero-order chi connectivity index (χ0) is 28.5. The van der Waals surface area contributed by atoms with Gasteiger partial charge in [0.25, 0.3) is 11.8 Å². The molecule has 40 heavy (non-hydrogen) atoms. The van der Waals surface area contributed by atoms with Crippen LogP contribution in [0, 0.1) is 6.92 Å². The second-order valence-electron chi connectivity index (χ2n) is 9.00. The van der Waals surface area contributed by atoms with E-state index in [0.717, 1.165) is 16.0 Å². The van der Waals surface area contributed by atoms with Crippen LogP contribution in [0.5, 0.6) is 0 Å². The Labute approximate surface area is 242 Å². The number of anilines is 2. The second kappa shape index (κ2) is 13.6. The quantitative estimate of drug-likeness (QED) is 0.147. The maximum absolute atomic E-state index is 13.3. The highest BCUT2D eigenvalue weighted by Crippen LogP contribution is 2.27. The SMILES string of the molecule is Cc1cccc(/C=C(\NC(=O)c2ccccc2)C(=O)Nc2ccc(SC(C)C(=O)Nc3ccccc3Cl)cc2)c1. The largest absolute Gasteiger partial charge is 0.324 e. The normalized spacial score (nSPS) is 11.8. The molecule has 6 nitrogen and oxygen atoms in total. The zero-order valence-electron chi connectivity index (χ0n) is 22.0. The van der Waals surface area contributed by atoms with Crippen molar-refractivity contribution >= 4 is 58.5 Å². The number of amides is 3. The van der Waals surface area contributed by atoms with Gasteiger partial charge in [0.05, 0.1) is 16.0 Å². The fraction of sp³-hybridized carbons (Fsp3) is 0.0938. The molecular formula is C32H28ClN3O3S. The minimum Gasteiger partial charge on any atom is -0.324 e. The van der Waals surface area contributed by atoms with Gasteiger partial charge in [0.1, 0.15) is 5.70 Å². The smallest absolute Gasteiger partial charge is 0.272 e. The minimum atomic E-state index is -0.460. The van der Waals surface area contributed by atoms with Crippen LogP contribution in [0.3, 0.4) is 0 Å². The Morgan fingerprint density at radius 1 is 0.825 bits per heavy atom. The summed E-state index contributed by atoms with van der Waals surface area (Å²) in [5.41, 5.74) is 3.49. The number of hydrogen-bond acceptors (Lipinski definition) is 4. The molecule has 0 radical (unpaired) electrons. The Morgan fingerprint density at radius 3 is 2.23 bits per heavy atom. The molecular weight excluding hydrogens is 542 g/mol. The van der Waals surface area contributed by atoms with E-state index < -0.39 is 5.91 Å². The standard InChI is InChI=1S/C32H28ClN3O3S/c1-21-9-8-10-23(19-21)20-29(36-31(38)24-11-4-3-5-12-24)32(39)34-25-15-17-26(18-16-25)40-22(2)30(37)35-28-14-7-6-13-27(28)33/h3-20,22H,1-2H3,(H,34,39)(H,35,37)(H,36,38)/b29-20-. The van der Waals surface area contributed by atoms with E-state index in [1.165, 1.54) is 11.8 Å². The van der Waals surface area contributed by atoms with Crippen molar-refractivity contribution in [3.05, 3.63) is 131 Å². The molecule has 3 N–H and O–H groups in total. The lowest BCUT2D eigenvalue weighted by molar-refractivity contribution is -0.115. The molecule has 4 aromatic rings. The highest BCUT2D eigenvalue weighted by Gasteiger charge is 2.17. The lowest BCUT2D eigenvalue weighted by Crippen LogP contribution is -2.30. The van der Waals surface area contributed by atoms with Gasteiger partial charge in [0.15, 0.2) is 0 Å². The first-order valence-corrected chi connectivity index (χ1v) is 13.8. The number of halogens is 1. The predicted octanol–water partition coefficient (Wildman–Crippen LogP) is 7.18. The van der Waals surface area contributed by atoms with E-state index in [2.05, 4.69) is 16.0 Å². The third kappa shape index (κ3) is 8.09. The molecule has 1 unspecified atom stereocenters. The number of para-hydroxylation sites is 1. The van der Waals surface area contributed by atoms with E-state index in [1.807, 2.05) is 56.3 Å². The third-order valence-electron chi connectivity index (χ3n) is 5.81. The van der Waals surface area contributed by atoms with E-state index in [4.69, 9.17) is 11.6 Å². The zero-order valence-corrected chi connectivity index (χ0v) is 23.6. The summed E-state index contributed by atoms with van der Waals surface area (Å²) >= 11 is 7.53. The Kier molecular flexibility index (Phi) is 9.78. The van der Waals surface area contributed by atoms with Crippen LogP contribution >= 0.6 is 23.4 Å². The third-order valence-corrected chi connectivity index (χ3v) is 7.25. The summed E-state index contributed by atoms with van der Waals surface area (Å²) in [6.45, 7) is 3.77. The van der Waals surface area contributed by atoms with Gasteiger partial charge in [0, 0.05) is 16.1 Å². The van der Waals surface area contributed by atoms with Gasteiger partial charge in [-0.15, -0.1) is 11.8 Å². The summed E-state index contributed by atoms with van der Waals surface area (Å²) in [6, 6.07) is 30.6. The molecule has 0 aliphatic rings. The molecule has 4 aromatic carbocycles. The van der Waals surface area contributed by atoms with Crippen molar-refractivity contribution in [2.75, 3.05) is 10.6 Å². The summed E-state index contributed by atoms with van der Waals surface area (Å²) in [5, 5.41) is 8.53. The van der Waals surface area contributed by atoms with Crippen LogP contribution in [0.4, 0.5) is 11.4 Å². The number of nitrogens with one attached hydrogen (secondary N) is 3. The monoisotopic (exact) mass is 569 g/mol. The van der Waals surface area contributed by atoms with Crippen LogP contribution < -0.4 is 16.0 Å². The Bertz CT molecular complexity index is 1540. The molecule has 0 spiro atoms. The summed E-state index contributed by atoms with van der Waals surface area (Å²) < 4.78 is 0. The van der Waals surface area contributed by atoms with E-state index in [0.29, 0.717) is 22.0 Å². The molecule has 0 aliphatic heterocycles. The van der Waals surface area contributed by atoms with Crippen LogP contribution in [0.2, 0.25) is 5.02 Å². The fourth-order valence-corrected chi connectivity index (χ4v) is 4.79. The number of thioether (sulfide) groups is 1. The van der Waals surface area contributed by atoms with Crippen molar-refractivity contribution < 1.29 is 14.4 Å². The maximum atomic E-state index is 13.3. The van der Waals surface area contributed by atoms with Gasteiger partial charge in [-0.25, -0.2) is 0 Å². The highest BCUT2D eigenvalue weighted by molar-refractivity contribution is 8.00. The van der Waals surface area contributed by atoms with Gasteiger partial charge in [0.2, 0.25) is 5.91 Å². The van der Waals surface area contributed by atoms with Crippen LogP contribution in [0.15, 0.2) is 114 Å². The van der Waals surface area contributed by atoms with Gasteiger partial charge >= 0.3 is 0 Å². The average Bonchev–Trinajstić information content (AvgIpc) is 2.95. The molecule has 8 heteroatoms. The van der Waals surface area contributed by atoms with Gasteiger partial charge in [-0.2, -0.15) is 0 Å². The minimum absolute atomic E-state index is 0.114. The Hall–Kier alpha value is -4.33. The van der Waals surface area contributed by atoms with Gasteiger partial charge in [-0.3, -0.25) is 14.4 Å². The summed E-state index contributed by atoms with van der Waals surface area (Å²) in [5.74, 6) is -1.01. The second-order valence-corrected chi connectivity index (χ2v) is 10.8. The van der Waals surface area contributed by atoms with E-state index in [-0.39, 0.29) is 22.8 Å². The topological polar surface area (TPSA) is 87.3 Å². The molecule has 0 bridgehead atoms. The highest BCUT2D eigenvalue weighted by atomic mass is 35.5. The van der Waals surface area contributed by atoms with Crippen molar-refractivity contribution in [1.29, 1.82) is 0 Å². The van der Waals surface area contributed by atoms with Crippen molar-refractivity contribution in [3.8, 4) is 0 Å². The van der Waals surface area contributed by atoms with Gasteiger partial charge in [-0.05, 0) is 74.0 Å². The molecule has 0 fully saturated rings. The number of carbonyl (C=O) groups is 3. The summed E-state index contributed by atoms with van der Waals surface area (Å²) in [6.07, 6.45) is 1.65. The number of rotatable bonds is 9. The molecule has 0 saturated carbocycles. The van der Waals surface area contributed by atoms with Crippen molar-refractivity contribution in [1.82, 2.24) is 5.32 Å². The average molecular weight is 570 g/mol. The molecule has 0 saturated heterocycles. The maximum Gasteiger partial charge on any atom is 0.272 e. The van der Waals surface area contributed by atoms with Crippen LogP contribution in [0.25, 0.3) is 6.08 Å². The summed E-state index contributed by atoms with van der Waals surface area (Å²) in [4.78, 5) is 39.6. The summed E-state index contributed by atoms with van der Waals surface area (Å²) in [7, 11) is 0. The van der Waals surface area contributed by atoms with Crippen molar-refractivity contribution in [2.45, 2.75) is 24.0 Å². The first-order valence-electron chi connectivity index (χ1n) is 12.6. The van der Waals surface area contributed by atoms with E-state index in [9.17, 15) is 14.4 Å². The fourth-order valence-electron chi connectivity index (χ4n) is 3.74. The van der Waals surface area contributed by atoms with E-state index >= 15 is 0 Å². The van der Waals surface area contributed by atoms with Gasteiger partial charge in [-0.1, -0.05) is 71.8 Å². The number of benzene rings is 4. The molecule has 202 valence electrons. The lowest BCUT2D eigenvalue weighted by atomic mass is 10.1. The Morgan fingerprint density at radius 2 is 1.52 bits per heavy atom. The molecule has 1 atom stereocenters.